The first-order valence-electron chi connectivity index (χ1n) is 8.68. The molecule has 0 bridgehead atoms. The van der Waals surface area contributed by atoms with Crippen LogP contribution in [-0.4, -0.2) is 50.4 Å². The van der Waals surface area contributed by atoms with Gasteiger partial charge in [0.05, 0.1) is 11.0 Å². The van der Waals surface area contributed by atoms with Crippen LogP contribution in [0.1, 0.15) is 30.4 Å². The Morgan fingerprint density at radius 3 is 3.19 bits per heavy atom. The second kappa shape index (κ2) is 7.25. The lowest BCUT2D eigenvalue weighted by Gasteiger charge is -2.31. The monoisotopic (exact) mass is 357 g/mol. The van der Waals surface area contributed by atoms with Crippen molar-refractivity contribution < 1.29 is 13.9 Å². The summed E-state index contributed by atoms with van der Waals surface area (Å²) in [6.07, 6.45) is 5.51. The number of ether oxygens (including phenoxy) is 1. The van der Waals surface area contributed by atoms with E-state index in [9.17, 15) is 9.18 Å². The predicted octanol–water partition coefficient (Wildman–Crippen LogP) is 2.35. The van der Waals surface area contributed by atoms with Crippen LogP contribution in [0.25, 0.3) is 11.0 Å². The summed E-state index contributed by atoms with van der Waals surface area (Å²) in [7, 11) is 0. The number of piperidine rings is 1. The van der Waals surface area contributed by atoms with Gasteiger partial charge in [0.25, 0.3) is 0 Å². The number of aromatic amines is 2. The number of likely N-dealkylation sites (tertiary alicyclic amines) is 1. The number of aromatic nitrogens is 4. The number of carbonyl (C=O) groups is 1. The van der Waals surface area contributed by atoms with Crippen molar-refractivity contribution in [3.8, 4) is 0 Å². The average Bonchev–Trinajstić information content (AvgIpc) is 3.31. The van der Waals surface area contributed by atoms with Crippen molar-refractivity contribution in [1.82, 2.24) is 24.8 Å². The molecule has 1 atom stereocenters. The van der Waals surface area contributed by atoms with Gasteiger partial charge in [0.1, 0.15) is 30.7 Å². The Labute approximate surface area is 149 Å². The fourth-order valence-corrected chi connectivity index (χ4v) is 3.36. The number of fused-ring (bicyclic) bond motifs is 1. The Morgan fingerprint density at radius 1 is 1.42 bits per heavy atom. The van der Waals surface area contributed by atoms with Crippen LogP contribution in [-0.2, 0) is 16.1 Å². The number of amides is 1. The molecule has 4 rings (SSSR count). The molecular formula is C18H20FN5O2. The Morgan fingerprint density at radius 2 is 2.35 bits per heavy atom. The van der Waals surface area contributed by atoms with Crippen LogP contribution in [0.4, 0.5) is 4.39 Å². The SMILES string of the molecule is O=C(COCc1nc2ccc(F)cc2[nH]1)N1CCC[C@H](c2ncc[nH]2)C1. The van der Waals surface area contributed by atoms with E-state index in [0.717, 1.165) is 25.2 Å². The Hall–Kier alpha value is -2.74. The lowest BCUT2D eigenvalue weighted by atomic mass is 9.97. The Kier molecular flexibility index (Phi) is 4.66. The molecule has 1 aromatic carbocycles. The first-order valence-corrected chi connectivity index (χ1v) is 8.68. The van der Waals surface area contributed by atoms with E-state index in [0.29, 0.717) is 23.4 Å². The van der Waals surface area contributed by atoms with Crippen molar-refractivity contribution in [2.45, 2.75) is 25.4 Å². The third-order valence-electron chi connectivity index (χ3n) is 4.64. The van der Waals surface area contributed by atoms with Crippen LogP contribution in [0.15, 0.2) is 30.6 Å². The minimum Gasteiger partial charge on any atom is -0.364 e. The summed E-state index contributed by atoms with van der Waals surface area (Å²) in [6.45, 7) is 1.57. The van der Waals surface area contributed by atoms with E-state index in [-0.39, 0.29) is 30.9 Å². The van der Waals surface area contributed by atoms with Gasteiger partial charge in [0, 0.05) is 31.4 Å². The molecule has 8 heteroatoms. The second-order valence-corrected chi connectivity index (χ2v) is 6.49. The lowest BCUT2D eigenvalue weighted by molar-refractivity contribution is -0.137. The van der Waals surface area contributed by atoms with Crippen LogP contribution in [0.2, 0.25) is 0 Å². The van der Waals surface area contributed by atoms with E-state index >= 15 is 0 Å². The number of nitrogens with one attached hydrogen (secondary N) is 2. The summed E-state index contributed by atoms with van der Waals surface area (Å²) in [5.74, 6) is 1.39. The highest BCUT2D eigenvalue weighted by molar-refractivity contribution is 5.77. The largest absolute Gasteiger partial charge is 0.364 e. The number of hydrogen-bond acceptors (Lipinski definition) is 4. The standard InChI is InChI=1S/C18H20FN5O2/c19-13-3-4-14-15(8-13)23-16(22-14)10-26-11-17(25)24-7-1-2-12(9-24)18-20-5-6-21-18/h3-6,8,12H,1-2,7,9-11H2,(H,20,21)(H,22,23)/t12-/m0/s1. The topological polar surface area (TPSA) is 86.9 Å². The third kappa shape index (κ3) is 3.60. The number of carbonyl (C=O) groups excluding carboxylic acids is 1. The van der Waals surface area contributed by atoms with Gasteiger partial charge in [-0.1, -0.05) is 0 Å². The minimum atomic E-state index is -0.319. The molecule has 0 spiro atoms. The van der Waals surface area contributed by atoms with Crippen molar-refractivity contribution in [3.05, 3.63) is 48.1 Å². The number of halogens is 1. The van der Waals surface area contributed by atoms with Crippen molar-refractivity contribution in [3.63, 3.8) is 0 Å². The molecule has 3 aromatic rings. The van der Waals surface area contributed by atoms with Gasteiger partial charge in [0.15, 0.2) is 0 Å². The molecule has 1 saturated heterocycles. The fraction of sp³-hybridized carbons (Fsp3) is 0.389. The quantitative estimate of drug-likeness (QED) is 0.734. The van der Waals surface area contributed by atoms with Gasteiger partial charge in [-0.25, -0.2) is 14.4 Å². The summed E-state index contributed by atoms with van der Waals surface area (Å²) in [6, 6.07) is 4.36. The highest BCUT2D eigenvalue weighted by atomic mass is 19.1. The van der Waals surface area contributed by atoms with Crippen LogP contribution in [0.5, 0.6) is 0 Å². The van der Waals surface area contributed by atoms with Crippen LogP contribution >= 0.6 is 0 Å². The summed E-state index contributed by atoms with van der Waals surface area (Å²) >= 11 is 0. The Balaban J connectivity index is 1.30. The fourth-order valence-electron chi connectivity index (χ4n) is 3.36. The minimum absolute atomic E-state index is 0.00369. The molecule has 1 fully saturated rings. The molecule has 26 heavy (non-hydrogen) atoms. The maximum absolute atomic E-state index is 13.2. The molecule has 0 aliphatic carbocycles. The van der Waals surface area contributed by atoms with E-state index in [1.807, 2.05) is 4.90 Å². The van der Waals surface area contributed by atoms with Gasteiger partial charge in [-0.05, 0) is 31.0 Å². The number of H-pyrrole nitrogens is 2. The maximum Gasteiger partial charge on any atom is 0.248 e. The van der Waals surface area contributed by atoms with E-state index in [2.05, 4.69) is 19.9 Å². The van der Waals surface area contributed by atoms with Gasteiger partial charge in [0.2, 0.25) is 5.91 Å². The number of imidazole rings is 2. The number of benzene rings is 1. The van der Waals surface area contributed by atoms with Gasteiger partial charge in [-0.2, -0.15) is 0 Å². The summed E-state index contributed by atoms with van der Waals surface area (Å²) in [5.41, 5.74) is 1.29. The lowest BCUT2D eigenvalue weighted by Crippen LogP contribution is -2.41. The summed E-state index contributed by atoms with van der Waals surface area (Å²) in [5, 5.41) is 0. The Bertz CT molecular complexity index is 892. The van der Waals surface area contributed by atoms with E-state index in [1.165, 1.54) is 12.1 Å². The molecule has 0 unspecified atom stereocenters. The van der Waals surface area contributed by atoms with Crippen LogP contribution in [0.3, 0.4) is 0 Å². The molecule has 2 N–H and O–H groups in total. The van der Waals surface area contributed by atoms with Crippen molar-refractivity contribution in [2.24, 2.45) is 0 Å². The number of rotatable bonds is 5. The number of nitrogens with zero attached hydrogens (tertiary/aromatic N) is 3. The summed E-state index contributed by atoms with van der Waals surface area (Å²) < 4.78 is 18.7. The van der Waals surface area contributed by atoms with Gasteiger partial charge in [-0.15, -0.1) is 0 Å². The third-order valence-corrected chi connectivity index (χ3v) is 4.64. The van der Waals surface area contributed by atoms with E-state index in [4.69, 9.17) is 4.74 Å². The molecule has 2 aromatic heterocycles. The van der Waals surface area contributed by atoms with E-state index in [1.54, 1.807) is 18.5 Å². The average molecular weight is 357 g/mol. The normalized spacial score (nSPS) is 17.7. The van der Waals surface area contributed by atoms with Crippen molar-refractivity contribution in [1.29, 1.82) is 0 Å². The molecule has 1 amide bonds. The number of hydrogen-bond donors (Lipinski definition) is 2. The van der Waals surface area contributed by atoms with E-state index < -0.39 is 0 Å². The first kappa shape index (κ1) is 16.7. The van der Waals surface area contributed by atoms with Crippen molar-refractivity contribution >= 4 is 16.9 Å². The molecule has 3 heterocycles. The zero-order chi connectivity index (χ0) is 17.9. The predicted molar refractivity (Wildman–Crippen MR) is 92.9 cm³/mol. The zero-order valence-electron chi connectivity index (χ0n) is 14.2. The molecule has 1 aliphatic heterocycles. The van der Waals surface area contributed by atoms with Crippen molar-refractivity contribution in [2.75, 3.05) is 19.7 Å². The molecule has 7 nitrogen and oxygen atoms in total. The highest BCUT2D eigenvalue weighted by Crippen LogP contribution is 2.24. The smallest absolute Gasteiger partial charge is 0.248 e. The van der Waals surface area contributed by atoms with Gasteiger partial charge in [-0.3, -0.25) is 4.79 Å². The maximum atomic E-state index is 13.2. The molecule has 0 radical (unpaired) electrons. The zero-order valence-corrected chi connectivity index (χ0v) is 14.2. The second-order valence-electron chi connectivity index (χ2n) is 6.49. The van der Waals surface area contributed by atoms with Gasteiger partial charge >= 0.3 is 0 Å². The van der Waals surface area contributed by atoms with Crippen LogP contribution in [0, 0.1) is 5.82 Å². The molecule has 0 saturated carbocycles. The van der Waals surface area contributed by atoms with Crippen LogP contribution < -0.4 is 0 Å². The summed E-state index contributed by atoms with van der Waals surface area (Å²) in [4.78, 5) is 29.0. The molecule has 1 aliphatic rings. The molecular weight excluding hydrogens is 337 g/mol. The molecule has 136 valence electrons. The highest BCUT2D eigenvalue weighted by Gasteiger charge is 2.26. The van der Waals surface area contributed by atoms with Gasteiger partial charge < -0.3 is 19.6 Å². The first-order chi connectivity index (χ1) is 12.7.